The average molecular weight is 287 g/mol. The van der Waals surface area contributed by atoms with Gasteiger partial charge in [-0.15, -0.1) is 0 Å². The second-order valence-corrected chi connectivity index (χ2v) is 7.43. The Kier molecular flexibility index (Phi) is 7.82. The van der Waals surface area contributed by atoms with Crippen molar-refractivity contribution in [2.24, 2.45) is 0 Å². The molecule has 0 amide bonds. The summed E-state index contributed by atoms with van der Waals surface area (Å²) in [5, 5.41) is 1.95. The van der Waals surface area contributed by atoms with Gasteiger partial charge in [0.05, 0.1) is 0 Å². The van der Waals surface area contributed by atoms with Gasteiger partial charge in [0.2, 0.25) is 0 Å². The summed E-state index contributed by atoms with van der Waals surface area (Å²) >= 11 is 0. The van der Waals surface area contributed by atoms with Gasteiger partial charge in [0.1, 0.15) is 0 Å². The van der Waals surface area contributed by atoms with Crippen molar-refractivity contribution in [1.29, 1.82) is 0 Å². The van der Waals surface area contributed by atoms with E-state index in [1.807, 2.05) is 67.6 Å². The Labute approximate surface area is 132 Å². The first-order chi connectivity index (χ1) is 7.77. The van der Waals surface area contributed by atoms with Crippen LogP contribution in [0.1, 0.15) is 6.92 Å². The molecule has 4 heteroatoms. The van der Waals surface area contributed by atoms with Crippen LogP contribution in [0.15, 0.2) is 60.7 Å². The van der Waals surface area contributed by atoms with Crippen LogP contribution in [0.25, 0.3) is 0 Å². The van der Waals surface area contributed by atoms with Gasteiger partial charge in [-0.2, -0.15) is 0 Å². The van der Waals surface area contributed by atoms with Gasteiger partial charge in [-0.1, -0.05) is 84.0 Å². The number of hydrogen-bond acceptors (Lipinski definition) is 1. The summed E-state index contributed by atoms with van der Waals surface area (Å²) in [7, 11) is -2.73. The maximum Gasteiger partial charge on any atom is 2.00 e. The Morgan fingerprint density at radius 1 is 0.833 bits per heavy atom. The first-order valence-electron chi connectivity index (χ1n) is 5.59. The third-order valence-electron chi connectivity index (χ3n) is 2.98. The minimum Gasteiger partial charge on any atom is -1.00 e. The fourth-order valence-corrected chi connectivity index (χ4v) is 4.60. The van der Waals surface area contributed by atoms with E-state index in [-0.39, 0.29) is 35.5 Å². The molecule has 0 radical (unpaired) electrons. The van der Waals surface area contributed by atoms with Crippen LogP contribution in [-0.4, -0.2) is 31.4 Å². The van der Waals surface area contributed by atoms with E-state index in [0.29, 0.717) is 6.04 Å². The van der Waals surface area contributed by atoms with Crippen molar-refractivity contribution in [2.45, 2.75) is 13.0 Å². The first-order valence-corrected chi connectivity index (χ1v) is 7.70. The molecule has 1 nitrogen and oxygen atoms in total. The van der Waals surface area contributed by atoms with Crippen LogP contribution in [0, 0.1) is 0 Å². The van der Waals surface area contributed by atoms with Crippen molar-refractivity contribution >= 4 is 41.7 Å². The Hall–Kier alpha value is -0.327. The van der Waals surface area contributed by atoms with Gasteiger partial charge in [-0.05, 0) is 0 Å². The molecule has 0 aliphatic rings. The summed E-state index contributed by atoms with van der Waals surface area (Å²) in [6.45, 7) is 2.00. The van der Waals surface area contributed by atoms with Crippen LogP contribution in [0.3, 0.4) is 0 Å². The van der Waals surface area contributed by atoms with E-state index >= 15 is 0 Å². The molecule has 0 saturated carbocycles. The summed E-state index contributed by atoms with van der Waals surface area (Å²) < 4.78 is 0. The SMILES string of the molecule is CC[Si]([O-])(c1ccccc1)c1ccccc1.[Cl-].[Mg+2]. The fraction of sp³-hybridized carbons (Fsp3) is 0.143. The van der Waals surface area contributed by atoms with Crippen LogP contribution >= 0.6 is 0 Å². The molecule has 0 fully saturated rings. The number of hydrogen-bond donors (Lipinski definition) is 0. The summed E-state index contributed by atoms with van der Waals surface area (Å²) in [6, 6.07) is 20.3. The third kappa shape index (κ3) is 3.59. The second-order valence-electron chi connectivity index (χ2n) is 3.91. The zero-order chi connectivity index (χ0) is 11.4. The standard InChI is InChI=1S/C14H15OSi.ClH.Mg/c1-2-16(15,13-9-5-3-6-10-13)14-11-7-4-8-12-14;;/h3-12H,2H2,1H3;1H;/q-1;;+2/p-1. The minimum absolute atomic E-state index is 0. The molecule has 0 heterocycles. The monoisotopic (exact) mass is 286 g/mol. The Balaban J connectivity index is 0.00000144. The van der Waals surface area contributed by atoms with E-state index < -0.39 is 8.32 Å². The van der Waals surface area contributed by atoms with Crippen LogP contribution in [0.5, 0.6) is 0 Å². The molecule has 0 aliphatic heterocycles. The fourth-order valence-electron chi connectivity index (χ4n) is 1.99. The van der Waals surface area contributed by atoms with Crippen LogP contribution in [0.2, 0.25) is 6.04 Å². The number of benzene rings is 2. The Morgan fingerprint density at radius 2 is 1.17 bits per heavy atom. The molecule has 0 spiro atoms. The van der Waals surface area contributed by atoms with Gasteiger partial charge in [0, 0.05) is 8.32 Å². The number of rotatable bonds is 3. The molecule has 0 aromatic heterocycles. The third-order valence-corrected chi connectivity index (χ3v) is 6.51. The second kappa shape index (κ2) is 7.97. The van der Waals surface area contributed by atoms with Crippen molar-refractivity contribution in [2.75, 3.05) is 0 Å². The van der Waals surface area contributed by atoms with Crippen LogP contribution in [0.4, 0.5) is 0 Å². The molecule has 0 aliphatic carbocycles. The van der Waals surface area contributed by atoms with Crippen molar-refractivity contribution < 1.29 is 17.2 Å². The summed E-state index contributed by atoms with van der Waals surface area (Å²) in [5.41, 5.74) is 0. The quantitative estimate of drug-likeness (QED) is 0.585. The van der Waals surface area contributed by atoms with Gasteiger partial charge in [-0.3, -0.25) is 0 Å². The molecular weight excluding hydrogens is 272 g/mol. The smallest absolute Gasteiger partial charge is 1.00 e. The van der Waals surface area contributed by atoms with E-state index in [0.717, 1.165) is 10.4 Å². The van der Waals surface area contributed by atoms with Gasteiger partial charge in [0.15, 0.2) is 0 Å². The summed E-state index contributed by atoms with van der Waals surface area (Å²) in [4.78, 5) is 13.0. The van der Waals surface area contributed by atoms with Gasteiger partial charge < -0.3 is 17.2 Å². The molecule has 2 aromatic rings. The number of halogens is 1. The zero-order valence-corrected chi connectivity index (χ0v) is 13.6. The minimum atomic E-state index is -2.73. The van der Waals surface area contributed by atoms with Gasteiger partial charge in [-0.25, -0.2) is 0 Å². The van der Waals surface area contributed by atoms with Crippen molar-refractivity contribution in [3.63, 3.8) is 0 Å². The van der Waals surface area contributed by atoms with E-state index in [9.17, 15) is 4.80 Å². The molecule has 0 N–H and O–H groups in total. The molecule has 90 valence electrons. The molecule has 2 aromatic carbocycles. The average Bonchev–Trinajstić information content (AvgIpc) is 2.40. The van der Waals surface area contributed by atoms with Crippen molar-refractivity contribution in [3.05, 3.63) is 60.7 Å². The molecule has 0 saturated heterocycles. The van der Waals surface area contributed by atoms with E-state index in [1.165, 1.54) is 0 Å². The van der Waals surface area contributed by atoms with Crippen LogP contribution in [-0.2, 0) is 0 Å². The first kappa shape index (κ1) is 17.7. The normalized spacial score (nSPS) is 10.1. The molecule has 0 unspecified atom stereocenters. The van der Waals surface area contributed by atoms with E-state index in [4.69, 9.17) is 0 Å². The van der Waals surface area contributed by atoms with E-state index in [1.54, 1.807) is 0 Å². The maximum absolute atomic E-state index is 13.0. The molecule has 0 bridgehead atoms. The van der Waals surface area contributed by atoms with Gasteiger partial charge in [0.25, 0.3) is 0 Å². The topological polar surface area (TPSA) is 23.1 Å². The predicted molar refractivity (Wildman–Crippen MR) is 74.1 cm³/mol. The largest absolute Gasteiger partial charge is 2.00 e. The Bertz CT molecular complexity index is 410. The molecule has 2 rings (SSSR count). The van der Waals surface area contributed by atoms with Gasteiger partial charge >= 0.3 is 23.1 Å². The van der Waals surface area contributed by atoms with E-state index in [2.05, 4.69) is 0 Å². The van der Waals surface area contributed by atoms with Crippen molar-refractivity contribution in [1.82, 2.24) is 0 Å². The molecule has 0 atom stereocenters. The maximum atomic E-state index is 13.0. The predicted octanol–water partition coefficient (Wildman–Crippen LogP) is -2.25. The van der Waals surface area contributed by atoms with Crippen LogP contribution < -0.4 is 27.6 Å². The van der Waals surface area contributed by atoms with Crippen molar-refractivity contribution in [3.8, 4) is 0 Å². The Morgan fingerprint density at radius 3 is 1.44 bits per heavy atom. The zero-order valence-electron chi connectivity index (χ0n) is 10.5. The summed E-state index contributed by atoms with van der Waals surface area (Å²) in [5.74, 6) is 0. The molecule has 18 heavy (non-hydrogen) atoms. The molecular formula is C14H15ClMgOSi. The summed E-state index contributed by atoms with van der Waals surface area (Å²) in [6.07, 6.45) is 0.